The van der Waals surface area contributed by atoms with E-state index >= 15 is 0 Å². The summed E-state index contributed by atoms with van der Waals surface area (Å²) in [5.41, 5.74) is 1.66. The van der Waals surface area contributed by atoms with E-state index in [4.69, 9.17) is 4.42 Å². The predicted octanol–water partition coefficient (Wildman–Crippen LogP) is 0.814. The lowest BCUT2D eigenvalue weighted by Crippen LogP contribution is -2.33. The summed E-state index contributed by atoms with van der Waals surface area (Å²) < 4.78 is 8.94. The van der Waals surface area contributed by atoms with Gasteiger partial charge in [-0.25, -0.2) is 14.6 Å². The molecule has 0 saturated heterocycles. The van der Waals surface area contributed by atoms with Crippen LogP contribution in [0.25, 0.3) is 0 Å². The molecule has 3 aromatic heterocycles. The van der Waals surface area contributed by atoms with Crippen LogP contribution in [0.2, 0.25) is 0 Å². The van der Waals surface area contributed by atoms with Crippen molar-refractivity contribution in [1.29, 1.82) is 0 Å². The maximum Gasteiger partial charge on any atom is 0.257 e. The first-order valence-electron chi connectivity index (χ1n) is 7.48. The largest absolute Gasteiger partial charge is 0.472 e. The minimum absolute atomic E-state index is 0.00216. The molecule has 0 N–H and O–H groups in total. The van der Waals surface area contributed by atoms with Crippen molar-refractivity contribution in [3.63, 3.8) is 0 Å². The summed E-state index contributed by atoms with van der Waals surface area (Å²) in [5, 5.41) is 4.13. The zero-order chi connectivity index (χ0) is 15.6. The molecule has 8 heteroatoms. The quantitative estimate of drug-likeness (QED) is 0.715. The number of aromatic nitrogens is 5. The first-order valence-corrected chi connectivity index (χ1v) is 7.48. The third-order valence-electron chi connectivity index (χ3n) is 4.07. The zero-order valence-electron chi connectivity index (χ0n) is 12.5. The monoisotopic (exact) mass is 312 g/mol. The normalized spacial score (nSPS) is 14.5. The van der Waals surface area contributed by atoms with Crippen LogP contribution in [0.4, 0.5) is 0 Å². The lowest BCUT2D eigenvalue weighted by molar-refractivity contribution is 0.0758. The number of nitrogens with zero attached hydrogens (tertiary/aromatic N) is 6. The maximum atomic E-state index is 12.4. The Labute approximate surface area is 132 Å². The fourth-order valence-electron chi connectivity index (χ4n) is 2.87. The van der Waals surface area contributed by atoms with Gasteiger partial charge in [0.15, 0.2) is 0 Å². The van der Waals surface area contributed by atoms with Gasteiger partial charge in [-0.1, -0.05) is 0 Å². The number of amides is 1. The van der Waals surface area contributed by atoms with Gasteiger partial charge < -0.3 is 13.9 Å². The molecule has 4 heterocycles. The first kappa shape index (κ1) is 13.7. The topological polar surface area (TPSA) is 82.0 Å². The number of fused-ring (bicyclic) bond motifs is 1. The smallest absolute Gasteiger partial charge is 0.257 e. The molecular weight excluding hydrogens is 296 g/mol. The molecule has 118 valence electrons. The minimum atomic E-state index is 0.00216. The van der Waals surface area contributed by atoms with Crippen molar-refractivity contribution in [2.24, 2.45) is 0 Å². The fourth-order valence-corrected chi connectivity index (χ4v) is 2.87. The van der Waals surface area contributed by atoms with Crippen LogP contribution >= 0.6 is 0 Å². The molecule has 0 atom stereocenters. The second-order valence-corrected chi connectivity index (χ2v) is 5.46. The summed E-state index contributed by atoms with van der Waals surface area (Å²) in [4.78, 5) is 22.7. The molecule has 8 nitrogen and oxygen atoms in total. The van der Waals surface area contributed by atoms with Crippen molar-refractivity contribution in [2.45, 2.75) is 19.5 Å². The lowest BCUT2D eigenvalue weighted by Gasteiger charge is -2.19. The van der Waals surface area contributed by atoms with Crippen LogP contribution in [0.15, 0.2) is 41.9 Å². The number of carbonyl (C=O) groups excluding carboxylic acids is 1. The number of carbonyl (C=O) groups is 1. The van der Waals surface area contributed by atoms with Gasteiger partial charge in [-0.15, -0.1) is 0 Å². The molecule has 0 aromatic carbocycles. The number of hydrogen-bond donors (Lipinski definition) is 0. The zero-order valence-corrected chi connectivity index (χ0v) is 12.5. The van der Waals surface area contributed by atoms with E-state index in [-0.39, 0.29) is 5.91 Å². The van der Waals surface area contributed by atoms with Crippen LogP contribution in [0.5, 0.6) is 0 Å². The Morgan fingerprint density at radius 3 is 3.04 bits per heavy atom. The molecule has 1 amide bonds. The van der Waals surface area contributed by atoms with Gasteiger partial charge in [-0.3, -0.25) is 4.79 Å². The van der Waals surface area contributed by atoms with Gasteiger partial charge >= 0.3 is 0 Å². The van der Waals surface area contributed by atoms with Crippen molar-refractivity contribution in [3.8, 4) is 0 Å². The van der Waals surface area contributed by atoms with Crippen molar-refractivity contribution in [2.75, 3.05) is 13.1 Å². The minimum Gasteiger partial charge on any atom is -0.472 e. The van der Waals surface area contributed by atoms with E-state index < -0.39 is 0 Å². The van der Waals surface area contributed by atoms with Crippen LogP contribution in [0, 0.1) is 0 Å². The lowest BCUT2D eigenvalue weighted by atomic mass is 10.2. The molecule has 0 unspecified atom stereocenters. The molecule has 0 saturated carbocycles. The number of hydrogen-bond acceptors (Lipinski definition) is 5. The summed E-state index contributed by atoms with van der Waals surface area (Å²) in [6, 6.07) is 1.70. The summed E-state index contributed by atoms with van der Waals surface area (Å²) in [5.74, 6) is 1.00. The average molecular weight is 312 g/mol. The van der Waals surface area contributed by atoms with Crippen LogP contribution in [-0.4, -0.2) is 48.2 Å². The van der Waals surface area contributed by atoms with Crippen molar-refractivity contribution < 1.29 is 9.21 Å². The highest BCUT2D eigenvalue weighted by Crippen LogP contribution is 2.15. The van der Waals surface area contributed by atoms with Gasteiger partial charge in [0.25, 0.3) is 5.91 Å². The SMILES string of the molecule is O=C(c1ccoc1)N1CCc2ncc(Cn3cncn3)n2CC1. The van der Waals surface area contributed by atoms with Crippen molar-refractivity contribution >= 4 is 5.91 Å². The van der Waals surface area contributed by atoms with Gasteiger partial charge in [-0.05, 0) is 6.07 Å². The third kappa shape index (κ3) is 2.63. The molecule has 23 heavy (non-hydrogen) atoms. The molecule has 3 aromatic rings. The molecule has 0 radical (unpaired) electrons. The Morgan fingerprint density at radius 1 is 1.30 bits per heavy atom. The highest BCUT2D eigenvalue weighted by atomic mass is 16.3. The molecule has 0 aliphatic carbocycles. The highest BCUT2D eigenvalue weighted by Gasteiger charge is 2.22. The highest BCUT2D eigenvalue weighted by molar-refractivity contribution is 5.93. The number of imidazole rings is 1. The second-order valence-electron chi connectivity index (χ2n) is 5.46. The number of furan rings is 1. The van der Waals surface area contributed by atoms with Crippen LogP contribution in [-0.2, 0) is 19.5 Å². The van der Waals surface area contributed by atoms with E-state index in [1.165, 1.54) is 18.9 Å². The van der Waals surface area contributed by atoms with Crippen molar-refractivity contribution in [1.82, 2.24) is 29.2 Å². The fraction of sp³-hybridized carbons (Fsp3) is 0.333. The van der Waals surface area contributed by atoms with E-state index in [2.05, 4.69) is 19.6 Å². The Balaban J connectivity index is 1.51. The van der Waals surface area contributed by atoms with Crippen molar-refractivity contribution in [3.05, 3.63) is 54.5 Å². The molecule has 4 rings (SSSR count). The summed E-state index contributed by atoms with van der Waals surface area (Å²) in [6.07, 6.45) is 8.83. The van der Waals surface area contributed by atoms with Gasteiger partial charge in [-0.2, -0.15) is 5.10 Å². The van der Waals surface area contributed by atoms with Gasteiger partial charge in [0, 0.05) is 26.1 Å². The molecule has 0 spiro atoms. The molecule has 1 aliphatic heterocycles. The number of rotatable bonds is 3. The average Bonchev–Trinajstić information content (AvgIpc) is 3.29. The van der Waals surface area contributed by atoms with Gasteiger partial charge in [0.2, 0.25) is 0 Å². The Hall–Kier alpha value is -2.90. The van der Waals surface area contributed by atoms with E-state index in [9.17, 15) is 4.79 Å². The van der Waals surface area contributed by atoms with Crippen LogP contribution < -0.4 is 0 Å². The summed E-state index contributed by atoms with van der Waals surface area (Å²) in [6.45, 7) is 2.66. The maximum absolute atomic E-state index is 12.4. The van der Waals surface area contributed by atoms with E-state index in [0.29, 0.717) is 25.2 Å². The molecule has 0 fully saturated rings. The van der Waals surface area contributed by atoms with E-state index in [1.807, 2.05) is 11.1 Å². The Kier molecular flexibility index (Phi) is 3.41. The summed E-state index contributed by atoms with van der Waals surface area (Å²) in [7, 11) is 0. The van der Waals surface area contributed by atoms with E-state index in [0.717, 1.165) is 24.5 Å². The van der Waals surface area contributed by atoms with Gasteiger partial charge in [0.1, 0.15) is 24.7 Å². The van der Waals surface area contributed by atoms with Gasteiger partial charge in [0.05, 0.1) is 30.3 Å². The Bertz CT molecular complexity index is 790. The predicted molar refractivity (Wildman–Crippen MR) is 79.7 cm³/mol. The Morgan fingerprint density at radius 2 is 2.26 bits per heavy atom. The van der Waals surface area contributed by atoms with Crippen LogP contribution in [0.1, 0.15) is 21.9 Å². The summed E-state index contributed by atoms with van der Waals surface area (Å²) >= 11 is 0. The third-order valence-corrected chi connectivity index (χ3v) is 4.07. The van der Waals surface area contributed by atoms with Crippen LogP contribution in [0.3, 0.4) is 0 Å². The molecule has 1 aliphatic rings. The first-order chi connectivity index (χ1) is 11.3. The van der Waals surface area contributed by atoms with E-state index in [1.54, 1.807) is 17.1 Å². The molecule has 0 bridgehead atoms. The standard InChI is InChI=1S/C15H16N6O2/c22-15(12-2-6-23-9-12)19-3-1-14-17-7-13(21(14)5-4-19)8-20-11-16-10-18-20/h2,6-7,9-11H,1,3-5,8H2. The molecular formula is C15H16N6O2. The second kappa shape index (κ2) is 5.71.